The van der Waals surface area contributed by atoms with E-state index in [0.717, 1.165) is 13.0 Å². The van der Waals surface area contributed by atoms with Gasteiger partial charge in [-0.2, -0.15) is 13.2 Å². The van der Waals surface area contributed by atoms with Gasteiger partial charge < -0.3 is 20.5 Å². The van der Waals surface area contributed by atoms with Crippen LogP contribution < -0.4 is 31.4 Å². The minimum atomic E-state index is -4.41. The molecule has 0 saturated carbocycles. The largest absolute Gasteiger partial charge is 0.497 e. The van der Waals surface area contributed by atoms with Crippen molar-refractivity contribution >= 4 is 17.3 Å². The number of carbonyl (C=O) groups excluding carboxylic acids is 1. The summed E-state index contributed by atoms with van der Waals surface area (Å²) in [5.74, 6) is 5.29. The molecule has 1 atom stereocenters. The number of nitrogens with two attached hydrogens (primary N) is 2. The van der Waals surface area contributed by atoms with E-state index < -0.39 is 12.1 Å². The zero-order chi connectivity index (χ0) is 23.7. The highest BCUT2D eigenvalue weighted by molar-refractivity contribution is 5.79. The Kier molecular flexibility index (Phi) is 8.91. The van der Waals surface area contributed by atoms with Crippen LogP contribution in [0.3, 0.4) is 0 Å². The number of halogens is 3. The van der Waals surface area contributed by atoms with E-state index in [4.69, 9.17) is 21.1 Å². The van der Waals surface area contributed by atoms with Gasteiger partial charge >= 0.3 is 6.18 Å². The van der Waals surface area contributed by atoms with E-state index in [2.05, 4.69) is 5.32 Å². The molecule has 0 fully saturated rings. The van der Waals surface area contributed by atoms with Gasteiger partial charge in [-0.25, -0.2) is 5.84 Å². The maximum atomic E-state index is 13.2. The molecule has 0 radical (unpaired) electrons. The van der Waals surface area contributed by atoms with E-state index in [1.165, 1.54) is 12.1 Å². The lowest BCUT2D eigenvalue weighted by atomic mass is 10.0. The second kappa shape index (κ2) is 11.4. The number of nitrogens with one attached hydrogen (secondary N) is 1. The van der Waals surface area contributed by atoms with Crippen LogP contribution in [0.25, 0.3) is 5.70 Å². The zero-order valence-electron chi connectivity index (χ0n) is 17.9. The molecule has 174 valence electrons. The highest BCUT2D eigenvalue weighted by atomic mass is 19.4. The summed E-state index contributed by atoms with van der Waals surface area (Å²) in [6.07, 6.45) is -3.34. The summed E-state index contributed by atoms with van der Waals surface area (Å²) in [7, 11) is 1.52. The number of rotatable bonds is 10. The average Bonchev–Trinajstić information content (AvgIpc) is 2.79. The van der Waals surface area contributed by atoms with Gasteiger partial charge in [0.25, 0.3) is 0 Å². The number of hydrogen-bond donors (Lipinski definition) is 3. The Labute approximate surface area is 184 Å². The van der Waals surface area contributed by atoms with Crippen LogP contribution in [0.15, 0.2) is 54.6 Å². The van der Waals surface area contributed by atoms with E-state index in [1.807, 2.05) is 0 Å². The standard InChI is InChI=1S/C22H27F3N4O3/c1-15(22(23,24)25)13-20(29(27)17-5-9-18(31-2)10-6-17)16-3-7-19(8-4-16)32-12-11-28-21(30)14-26/h3-10,13,15H,11-12,14,26-27H2,1-2H3,(H,28,30)/b20-13-. The topological polar surface area (TPSA) is 103 Å². The van der Waals surface area contributed by atoms with Crippen LogP contribution in [-0.2, 0) is 4.79 Å². The van der Waals surface area contributed by atoms with Crippen LogP contribution in [0.4, 0.5) is 18.9 Å². The van der Waals surface area contributed by atoms with Gasteiger partial charge in [0.1, 0.15) is 18.1 Å². The number of benzene rings is 2. The molecule has 0 spiro atoms. The minimum absolute atomic E-state index is 0.107. The third-order valence-corrected chi connectivity index (χ3v) is 4.56. The first kappa shape index (κ1) is 25.0. The predicted molar refractivity (Wildman–Crippen MR) is 117 cm³/mol. The number of carbonyl (C=O) groups is 1. The van der Waals surface area contributed by atoms with Crippen molar-refractivity contribution in [3.05, 3.63) is 60.2 Å². The molecule has 5 N–H and O–H groups in total. The van der Waals surface area contributed by atoms with Crippen molar-refractivity contribution < 1.29 is 27.4 Å². The molecule has 7 nitrogen and oxygen atoms in total. The zero-order valence-corrected chi connectivity index (χ0v) is 17.9. The number of anilines is 1. The molecule has 10 heteroatoms. The predicted octanol–water partition coefficient (Wildman–Crippen LogP) is 3.07. The third kappa shape index (κ3) is 7.17. The molecule has 2 aromatic carbocycles. The lowest BCUT2D eigenvalue weighted by Crippen LogP contribution is -2.33. The van der Waals surface area contributed by atoms with Gasteiger partial charge in [-0.1, -0.05) is 6.92 Å². The molecule has 0 aliphatic carbocycles. The molecule has 2 aromatic rings. The van der Waals surface area contributed by atoms with Crippen LogP contribution in [0.2, 0.25) is 0 Å². The molecule has 1 unspecified atom stereocenters. The molecule has 0 heterocycles. The van der Waals surface area contributed by atoms with Crippen molar-refractivity contribution in [2.24, 2.45) is 17.5 Å². The molecule has 2 rings (SSSR count). The highest BCUT2D eigenvalue weighted by Crippen LogP contribution is 2.32. The van der Waals surface area contributed by atoms with Gasteiger partial charge in [0.15, 0.2) is 0 Å². The van der Waals surface area contributed by atoms with Crippen LogP contribution in [-0.4, -0.2) is 38.9 Å². The molecular weight excluding hydrogens is 425 g/mol. The Morgan fingerprint density at radius 1 is 1.12 bits per heavy atom. The summed E-state index contributed by atoms with van der Waals surface area (Å²) in [4.78, 5) is 11.1. The number of amides is 1. The van der Waals surface area contributed by atoms with Crippen LogP contribution in [0.1, 0.15) is 12.5 Å². The molecule has 0 saturated heterocycles. The van der Waals surface area contributed by atoms with Crippen molar-refractivity contribution in [1.82, 2.24) is 5.32 Å². The fourth-order valence-corrected chi connectivity index (χ4v) is 2.68. The maximum Gasteiger partial charge on any atom is 0.394 e. The van der Waals surface area contributed by atoms with Crippen molar-refractivity contribution in [2.75, 3.05) is 31.8 Å². The molecule has 0 aliphatic heterocycles. The number of hydrazine groups is 1. The summed E-state index contributed by atoms with van der Waals surface area (Å²) in [5.41, 5.74) is 6.35. The Hall–Kier alpha value is -3.24. The molecule has 0 aromatic heterocycles. The van der Waals surface area contributed by atoms with Gasteiger partial charge in [0.2, 0.25) is 5.91 Å². The van der Waals surface area contributed by atoms with E-state index >= 15 is 0 Å². The fourth-order valence-electron chi connectivity index (χ4n) is 2.68. The van der Waals surface area contributed by atoms with Gasteiger partial charge in [-0.3, -0.25) is 9.80 Å². The number of methoxy groups -OCH3 is 1. The number of alkyl halides is 3. The molecular formula is C22H27F3N4O3. The lowest BCUT2D eigenvalue weighted by molar-refractivity contribution is -0.156. The van der Waals surface area contributed by atoms with Gasteiger partial charge in [0.05, 0.1) is 37.5 Å². The molecule has 1 amide bonds. The highest BCUT2D eigenvalue weighted by Gasteiger charge is 2.35. The quantitative estimate of drug-likeness (QED) is 0.291. The van der Waals surface area contributed by atoms with Gasteiger partial charge in [-0.05, 0) is 60.2 Å². The van der Waals surface area contributed by atoms with Gasteiger partial charge in [-0.15, -0.1) is 0 Å². The SMILES string of the molecule is COc1ccc(N(N)/C(=C\C(C)C(F)(F)F)c2ccc(OCCNC(=O)CN)cc2)cc1. The Morgan fingerprint density at radius 2 is 1.72 bits per heavy atom. The molecule has 32 heavy (non-hydrogen) atoms. The lowest BCUT2D eigenvalue weighted by Gasteiger charge is -2.25. The Morgan fingerprint density at radius 3 is 2.25 bits per heavy atom. The van der Waals surface area contributed by atoms with E-state index in [9.17, 15) is 18.0 Å². The van der Waals surface area contributed by atoms with E-state index in [1.54, 1.807) is 48.5 Å². The smallest absolute Gasteiger partial charge is 0.394 e. The second-order valence-electron chi connectivity index (χ2n) is 6.88. The Bertz CT molecular complexity index is 900. The fraction of sp³-hybridized carbons (Fsp3) is 0.318. The monoisotopic (exact) mass is 452 g/mol. The first-order chi connectivity index (χ1) is 15.2. The summed E-state index contributed by atoms with van der Waals surface area (Å²) >= 11 is 0. The summed E-state index contributed by atoms with van der Waals surface area (Å²) in [6.45, 7) is 1.45. The normalized spacial score (nSPS) is 12.8. The van der Waals surface area contributed by atoms with E-state index in [0.29, 0.717) is 22.7 Å². The molecule has 0 aliphatic rings. The molecule has 0 bridgehead atoms. The summed E-state index contributed by atoms with van der Waals surface area (Å²) in [5, 5.41) is 3.77. The average molecular weight is 452 g/mol. The first-order valence-electron chi connectivity index (χ1n) is 9.83. The van der Waals surface area contributed by atoms with Crippen molar-refractivity contribution in [1.29, 1.82) is 0 Å². The van der Waals surface area contributed by atoms with Crippen molar-refractivity contribution in [3.63, 3.8) is 0 Å². The van der Waals surface area contributed by atoms with Crippen LogP contribution in [0.5, 0.6) is 11.5 Å². The second-order valence-corrected chi connectivity index (χ2v) is 6.88. The number of hydrogen-bond acceptors (Lipinski definition) is 6. The summed E-state index contributed by atoms with van der Waals surface area (Å²) in [6, 6.07) is 13.1. The number of nitrogens with zero attached hydrogens (tertiary/aromatic N) is 1. The third-order valence-electron chi connectivity index (χ3n) is 4.56. The van der Waals surface area contributed by atoms with Crippen molar-refractivity contribution in [2.45, 2.75) is 13.1 Å². The summed E-state index contributed by atoms with van der Waals surface area (Å²) < 4.78 is 50.3. The van der Waals surface area contributed by atoms with Gasteiger partial charge in [0, 0.05) is 0 Å². The van der Waals surface area contributed by atoms with E-state index in [-0.39, 0.29) is 31.3 Å². The Balaban J connectivity index is 2.23. The van der Waals surface area contributed by atoms with Crippen molar-refractivity contribution in [3.8, 4) is 11.5 Å². The van der Waals surface area contributed by atoms with Crippen LogP contribution >= 0.6 is 0 Å². The maximum absolute atomic E-state index is 13.2. The first-order valence-corrected chi connectivity index (χ1v) is 9.83. The minimum Gasteiger partial charge on any atom is -0.497 e. The van der Waals surface area contributed by atoms with Crippen LogP contribution in [0, 0.1) is 5.92 Å². The number of ether oxygens (including phenoxy) is 2. The number of allylic oxidation sites excluding steroid dienone is 1.